The van der Waals surface area contributed by atoms with Crippen LogP contribution in [0.3, 0.4) is 0 Å². The molecule has 1 unspecified atom stereocenters. The summed E-state index contributed by atoms with van der Waals surface area (Å²) in [5.74, 6) is 1.90. The number of fused-ring (bicyclic) bond motifs is 1. The number of aromatic nitrogens is 3. The summed E-state index contributed by atoms with van der Waals surface area (Å²) in [6.45, 7) is 8.01. The summed E-state index contributed by atoms with van der Waals surface area (Å²) in [5, 5.41) is 3.45. The lowest BCUT2D eigenvalue weighted by Crippen LogP contribution is -2.38. The van der Waals surface area contributed by atoms with Crippen LogP contribution in [0.15, 0.2) is 18.3 Å². The minimum Gasteiger partial charge on any atom is -0.379 e. The normalized spacial score (nSPS) is 22.9. The molecule has 1 atom stereocenters. The molecule has 6 heteroatoms. The van der Waals surface area contributed by atoms with Gasteiger partial charge >= 0.3 is 0 Å². The lowest BCUT2D eigenvalue weighted by atomic mass is 10.0. The number of hydrogen-bond acceptors (Lipinski definition) is 5. The zero-order valence-corrected chi connectivity index (χ0v) is 13.6. The Morgan fingerprint density at radius 1 is 1.26 bits per heavy atom. The molecule has 1 N–H and O–H groups in total. The molecule has 2 aliphatic rings. The van der Waals surface area contributed by atoms with Gasteiger partial charge in [0.1, 0.15) is 11.3 Å². The van der Waals surface area contributed by atoms with Gasteiger partial charge < -0.3 is 14.6 Å². The van der Waals surface area contributed by atoms with Crippen molar-refractivity contribution in [2.75, 3.05) is 45.9 Å². The summed E-state index contributed by atoms with van der Waals surface area (Å²) in [5.41, 5.74) is 2.05. The van der Waals surface area contributed by atoms with Crippen LogP contribution in [0.25, 0.3) is 11.2 Å². The van der Waals surface area contributed by atoms with Crippen LogP contribution in [0.2, 0.25) is 0 Å². The minimum absolute atomic E-state index is 0.703. The number of hydrogen-bond donors (Lipinski definition) is 1. The second-order valence-electron chi connectivity index (χ2n) is 6.54. The zero-order valence-electron chi connectivity index (χ0n) is 13.6. The van der Waals surface area contributed by atoms with Crippen LogP contribution in [0.1, 0.15) is 12.2 Å². The van der Waals surface area contributed by atoms with Gasteiger partial charge in [0.2, 0.25) is 0 Å². The molecule has 23 heavy (non-hydrogen) atoms. The first kappa shape index (κ1) is 15.1. The van der Waals surface area contributed by atoms with E-state index in [-0.39, 0.29) is 0 Å². The summed E-state index contributed by atoms with van der Waals surface area (Å²) >= 11 is 0. The van der Waals surface area contributed by atoms with Crippen molar-refractivity contribution in [2.45, 2.75) is 19.4 Å². The van der Waals surface area contributed by atoms with E-state index in [4.69, 9.17) is 9.72 Å². The molecular weight excluding hydrogens is 290 g/mol. The van der Waals surface area contributed by atoms with Crippen molar-refractivity contribution in [1.29, 1.82) is 0 Å². The van der Waals surface area contributed by atoms with Crippen LogP contribution in [0.4, 0.5) is 0 Å². The Morgan fingerprint density at radius 2 is 2.17 bits per heavy atom. The van der Waals surface area contributed by atoms with Gasteiger partial charge in [-0.25, -0.2) is 9.97 Å². The van der Waals surface area contributed by atoms with Gasteiger partial charge in [-0.1, -0.05) is 0 Å². The Labute approximate surface area is 136 Å². The topological polar surface area (TPSA) is 55.2 Å². The molecule has 2 aliphatic heterocycles. The largest absolute Gasteiger partial charge is 0.379 e. The quantitative estimate of drug-likeness (QED) is 0.889. The molecule has 2 aromatic heterocycles. The lowest BCUT2D eigenvalue weighted by Gasteiger charge is -2.27. The zero-order chi connectivity index (χ0) is 15.5. The fraction of sp³-hybridized carbons (Fsp3) is 0.647. The molecule has 0 spiro atoms. The first-order valence-corrected chi connectivity index (χ1v) is 8.71. The number of morpholine rings is 1. The van der Waals surface area contributed by atoms with Crippen LogP contribution >= 0.6 is 0 Å². The predicted molar refractivity (Wildman–Crippen MR) is 89.5 cm³/mol. The van der Waals surface area contributed by atoms with Gasteiger partial charge in [0.25, 0.3) is 0 Å². The highest BCUT2D eigenvalue weighted by molar-refractivity contribution is 5.71. The van der Waals surface area contributed by atoms with E-state index in [0.29, 0.717) is 5.92 Å². The van der Waals surface area contributed by atoms with Gasteiger partial charge in [-0.05, 0) is 37.6 Å². The Bertz CT molecular complexity index is 643. The smallest absolute Gasteiger partial charge is 0.160 e. The van der Waals surface area contributed by atoms with E-state index < -0.39 is 0 Å². The van der Waals surface area contributed by atoms with Crippen molar-refractivity contribution in [1.82, 2.24) is 24.8 Å². The minimum atomic E-state index is 0.703. The number of nitrogens with zero attached hydrogens (tertiary/aromatic N) is 4. The Balaban J connectivity index is 1.54. The van der Waals surface area contributed by atoms with Crippen molar-refractivity contribution < 1.29 is 4.74 Å². The molecule has 4 heterocycles. The van der Waals surface area contributed by atoms with E-state index in [0.717, 1.165) is 70.1 Å². The fourth-order valence-corrected chi connectivity index (χ4v) is 3.61. The van der Waals surface area contributed by atoms with E-state index in [1.54, 1.807) is 0 Å². The second-order valence-corrected chi connectivity index (χ2v) is 6.54. The summed E-state index contributed by atoms with van der Waals surface area (Å²) in [6, 6.07) is 4.05. The first-order chi connectivity index (χ1) is 11.4. The van der Waals surface area contributed by atoms with Gasteiger partial charge in [-0.3, -0.25) is 4.90 Å². The number of pyridine rings is 1. The van der Waals surface area contributed by atoms with Crippen LogP contribution < -0.4 is 5.32 Å². The second kappa shape index (κ2) is 6.95. The van der Waals surface area contributed by atoms with Crippen molar-refractivity contribution >= 4 is 11.2 Å². The van der Waals surface area contributed by atoms with Gasteiger partial charge in [0.05, 0.1) is 13.2 Å². The average Bonchev–Trinajstić information content (AvgIpc) is 3.22. The molecule has 2 aromatic rings. The van der Waals surface area contributed by atoms with E-state index in [9.17, 15) is 0 Å². The summed E-state index contributed by atoms with van der Waals surface area (Å²) < 4.78 is 7.78. The van der Waals surface area contributed by atoms with Crippen LogP contribution in [0.5, 0.6) is 0 Å². The molecule has 124 valence electrons. The molecule has 0 aliphatic carbocycles. The van der Waals surface area contributed by atoms with Gasteiger partial charge in [-0.15, -0.1) is 0 Å². The highest BCUT2D eigenvalue weighted by atomic mass is 16.5. The molecule has 0 aromatic carbocycles. The van der Waals surface area contributed by atoms with Gasteiger partial charge in [-0.2, -0.15) is 0 Å². The molecular formula is C17H25N5O. The van der Waals surface area contributed by atoms with E-state index in [2.05, 4.69) is 25.8 Å². The number of nitrogens with one attached hydrogen (secondary N) is 1. The molecule has 0 radical (unpaired) electrons. The van der Waals surface area contributed by atoms with Crippen molar-refractivity contribution in [3.8, 4) is 0 Å². The molecule has 0 saturated carbocycles. The number of rotatable bonds is 5. The summed E-state index contributed by atoms with van der Waals surface area (Å²) in [4.78, 5) is 11.9. The summed E-state index contributed by atoms with van der Waals surface area (Å²) in [7, 11) is 0. The predicted octanol–water partition coefficient (Wildman–Crippen LogP) is 0.916. The summed E-state index contributed by atoms with van der Waals surface area (Å²) in [6.07, 6.45) is 4.17. The van der Waals surface area contributed by atoms with E-state index >= 15 is 0 Å². The Hall–Kier alpha value is -1.50. The fourth-order valence-electron chi connectivity index (χ4n) is 3.61. The van der Waals surface area contributed by atoms with E-state index in [1.165, 1.54) is 12.2 Å². The third kappa shape index (κ3) is 3.39. The van der Waals surface area contributed by atoms with Crippen molar-refractivity contribution in [2.24, 2.45) is 5.92 Å². The van der Waals surface area contributed by atoms with Crippen LogP contribution in [-0.4, -0.2) is 65.4 Å². The van der Waals surface area contributed by atoms with Gasteiger partial charge in [0.15, 0.2) is 5.65 Å². The van der Waals surface area contributed by atoms with Crippen molar-refractivity contribution in [3.05, 3.63) is 24.2 Å². The maximum Gasteiger partial charge on any atom is 0.160 e. The molecule has 2 saturated heterocycles. The molecule has 4 rings (SSSR count). The SMILES string of the molecule is c1cnc2c(c1)nc(CC1CCNC1)n2CCN1CCOCC1. The highest BCUT2D eigenvalue weighted by Crippen LogP contribution is 2.19. The molecule has 6 nitrogen and oxygen atoms in total. The lowest BCUT2D eigenvalue weighted by molar-refractivity contribution is 0.0364. The first-order valence-electron chi connectivity index (χ1n) is 8.71. The molecule has 0 bridgehead atoms. The maximum absolute atomic E-state index is 5.44. The Kier molecular flexibility index (Phi) is 4.55. The van der Waals surface area contributed by atoms with Gasteiger partial charge in [0, 0.05) is 38.8 Å². The number of ether oxygens (including phenoxy) is 1. The molecule has 2 fully saturated rings. The van der Waals surface area contributed by atoms with Crippen LogP contribution in [0, 0.1) is 5.92 Å². The standard InChI is InChI=1S/C17H25N5O/c1-2-15-17(19-4-1)22(7-6-21-8-10-23-11-9-21)16(20-15)12-14-3-5-18-13-14/h1-2,4,14,18H,3,5-13H2. The van der Waals surface area contributed by atoms with Crippen molar-refractivity contribution in [3.63, 3.8) is 0 Å². The number of imidazole rings is 1. The van der Waals surface area contributed by atoms with E-state index in [1.807, 2.05) is 12.3 Å². The Morgan fingerprint density at radius 3 is 3.00 bits per heavy atom. The van der Waals surface area contributed by atoms with Crippen LogP contribution in [-0.2, 0) is 17.7 Å². The monoisotopic (exact) mass is 315 g/mol. The highest BCUT2D eigenvalue weighted by Gasteiger charge is 2.20. The third-order valence-corrected chi connectivity index (χ3v) is 4.96. The average molecular weight is 315 g/mol. The molecule has 0 amide bonds. The third-order valence-electron chi connectivity index (χ3n) is 4.96. The maximum atomic E-state index is 5.44.